The van der Waals surface area contributed by atoms with Gasteiger partial charge in [-0.25, -0.2) is 0 Å². The molecule has 1 aromatic carbocycles. The van der Waals surface area contributed by atoms with Crippen LogP contribution in [0.5, 0.6) is 5.75 Å². The number of benzene rings is 1. The van der Waals surface area contributed by atoms with E-state index in [0.29, 0.717) is 6.42 Å². The highest BCUT2D eigenvalue weighted by Gasteiger charge is 2.10. The van der Waals surface area contributed by atoms with Crippen LogP contribution in [0, 0.1) is 0 Å². The van der Waals surface area contributed by atoms with Crippen molar-refractivity contribution >= 4 is 11.3 Å². The first kappa shape index (κ1) is 12.0. The fraction of sp³-hybridized carbons (Fsp3) is 0.333. The van der Waals surface area contributed by atoms with Gasteiger partial charge >= 0.3 is 0 Å². The zero-order valence-corrected chi connectivity index (χ0v) is 10.4. The molecule has 0 aliphatic heterocycles. The zero-order chi connectivity index (χ0) is 12.3. The van der Waals surface area contributed by atoms with Gasteiger partial charge in [-0.3, -0.25) is 0 Å². The van der Waals surface area contributed by atoms with Crippen LogP contribution in [0.3, 0.4) is 0 Å². The number of aromatic hydroxyl groups is 1. The minimum absolute atomic E-state index is 0.0228. The van der Waals surface area contributed by atoms with Gasteiger partial charge in [-0.1, -0.05) is 30.4 Å². The summed E-state index contributed by atoms with van der Waals surface area (Å²) in [6, 6.07) is 7.15. The molecule has 4 nitrogen and oxygen atoms in total. The quantitative estimate of drug-likeness (QED) is 0.871. The molecule has 0 saturated carbocycles. The van der Waals surface area contributed by atoms with Crippen molar-refractivity contribution in [3.8, 4) is 5.75 Å². The van der Waals surface area contributed by atoms with Gasteiger partial charge in [-0.15, -0.1) is 10.2 Å². The molecule has 0 radical (unpaired) electrons. The molecule has 0 fully saturated rings. The van der Waals surface area contributed by atoms with Crippen LogP contribution in [-0.2, 0) is 6.42 Å². The third-order valence-electron chi connectivity index (χ3n) is 2.51. The Hall–Kier alpha value is -1.46. The maximum Gasteiger partial charge on any atom is 0.134 e. The van der Waals surface area contributed by atoms with Crippen molar-refractivity contribution in [2.75, 3.05) is 0 Å². The molecule has 2 rings (SSSR count). The van der Waals surface area contributed by atoms with Crippen LogP contribution in [0.2, 0.25) is 0 Å². The summed E-state index contributed by atoms with van der Waals surface area (Å²) in [7, 11) is 0. The standard InChI is InChI=1S/C12H15N3OS/c1-2-10(13)12-15-14-11(17-12)7-8-4-3-5-9(16)6-8/h3-6,10,16H,2,7,13H2,1H3. The lowest BCUT2D eigenvalue weighted by molar-refractivity contribution is 0.474. The average Bonchev–Trinajstić information content (AvgIpc) is 2.76. The van der Waals surface area contributed by atoms with Crippen molar-refractivity contribution in [2.24, 2.45) is 5.73 Å². The van der Waals surface area contributed by atoms with Crippen molar-refractivity contribution < 1.29 is 5.11 Å². The zero-order valence-electron chi connectivity index (χ0n) is 9.63. The summed E-state index contributed by atoms with van der Waals surface area (Å²) in [5, 5.41) is 19.4. The Balaban J connectivity index is 2.11. The van der Waals surface area contributed by atoms with E-state index in [9.17, 15) is 5.11 Å². The summed E-state index contributed by atoms with van der Waals surface area (Å²) in [5.74, 6) is 0.275. The van der Waals surface area contributed by atoms with Crippen molar-refractivity contribution in [3.63, 3.8) is 0 Å². The number of phenols is 1. The molecular formula is C12H15N3OS. The number of hydrogen-bond donors (Lipinski definition) is 2. The van der Waals surface area contributed by atoms with Crippen molar-refractivity contribution in [1.29, 1.82) is 0 Å². The molecule has 0 bridgehead atoms. The van der Waals surface area contributed by atoms with Crippen LogP contribution in [0.4, 0.5) is 0 Å². The van der Waals surface area contributed by atoms with Crippen molar-refractivity contribution in [2.45, 2.75) is 25.8 Å². The van der Waals surface area contributed by atoms with Gasteiger partial charge in [0.2, 0.25) is 0 Å². The summed E-state index contributed by atoms with van der Waals surface area (Å²) in [6.07, 6.45) is 1.54. The van der Waals surface area contributed by atoms with Crippen LogP contribution in [0.15, 0.2) is 24.3 Å². The molecule has 0 saturated heterocycles. The predicted octanol–water partition coefficient (Wildman–Crippen LogP) is 2.24. The second-order valence-electron chi connectivity index (χ2n) is 3.90. The van der Waals surface area contributed by atoms with E-state index in [2.05, 4.69) is 10.2 Å². The molecule has 17 heavy (non-hydrogen) atoms. The molecule has 1 heterocycles. The Bertz CT molecular complexity index is 498. The molecule has 1 aromatic heterocycles. The van der Waals surface area contributed by atoms with E-state index < -0.39 is 0 Å². The first-order chi connectivity index (χ1) is 8.19. The summed E-state index contributed by atoms with van der Waals surface area (Å²) < 4.78 is 0. The molecule has 0 amide bonds. The van der Waals surface area contributed by atoms with E-state index in [1.165, 1.54) is 11.3 Å². The first-order valence-corrected chi connectivity index (χ1v) is 6.36. The molecule has 2 aromatic rings. The highest BCUT2D eigenvalue weighted by Crippen LogP contribution is 2.21. The Labute approximate surface area is 104 Å². The number of aromatic nitrogens is 2. The molecule has 1 unspecified atom stereocenters. The van der Waals surface area contributed by atoms with Crippen LogP contribution >= 0.6 is 11.3 Å². The summed E-state index contributed by atoms with van der Waals surface area (Å²) in [5.41, 5.74) is 6.92. The van der Waals surface area contributed by atoms with E-state index >= 15 is 0 Å². The summed E-state index contributed by atoms with van der Waals surface area (Å²) >= 11 is 1.54. The minimum Gasteiger partial charge on any atom is -0.508 e. The smallest absolute Gasteiger partial charge is 0.134 e. The predicted molar refractivity (Wildman–Crippen MR) is 68.0 cm³/mol. The van der Waals surface area contributed by atoms with Gasteiger partial charge in [0.1, 0.15) is 15.8 Å². The third kappa shape index (κ3) is 3.01. The van der Waals surface area contributed by atoms with Crippen LogP contribution in [0.25, 0.3) is 0 Å². The van der Waals surface area contributed by atoms with E-state index in [0.717, 1.165) is 22.0 Å². The highest BCUT2D eigenvalue weighted by atomic mass is 32.1. The van der Waals surface area contributed by atoms with Gasteiger partial charge in [0, 0.05) is 6.42 Å². The fourth-order valence-electron chi connectivity index (χ4n) is 1.50. The van der Waals surface area contributed by atoms with Gasteiger partial charge in [0.05, 0.1) is 6.04 Å². The second-order valence-corrected chi connectivity index (χ2v) is 4.99. The summed E-state index contributed by atoms with van der Waals surface area (Å²) in [4.78, 5) is 0. The van der Waals surface area contributed by atoms with Crippen LogP contribution < -0.4 is 5.73 Å². The van der Waals surface area contributed by atoms with E-state index in [-0.39, 0.29) is 11.8 Å². The molecular weight excluding hydrogens is 234 g/mol. The van der Waals surface area contributed by atoms with Gasteiger partial charge in [0.25, 0.3) is 0 Å². The number of phenolic OH excluding ortho intramolecular Hbond substituents is 1. The molecule has 0 aliphatic carbocycles. The number of hydrogen-bond acceptors (Lipinski definition) is 5. The van der Waals surface area contributed by atoms with Gasteiger partial charge in [0.15, 0.2) is 0 Å². The van der Waals surface area contributed by atoms with E-state index in [4.69, 9.17) is 5.73 Å². The third-order valence-corrected chi connectivity index (χ3v) is 3.56. The molecule has 0 spiro atoms. The topological polar surface area (TPSA) is 72.0 Å². The van der Waals surface area contributed by atoms with E-state index in [1.807, 2.05) is 19.1 Å². The Kier molecular flexibility index (Phi) is 3.71. The first-order valence-electron chi connectivity index (χ1n) is 5.54. The normalized spacial score (nSPS) is 12.6. The average molecular weight is 249 g/mol. The van der Waals surface area contributed by atoms with Gasteiger partial charge in [-0.2, -0.15) is 0 Å². The molecule has 3 N–H and O–H groups in total. The Morgan fingerprint density at radius 2 is 2.24 bits per heavy atom. The number of nitrogens with two attached hydrogens (primary N) is 1. The fourth-order valence-corrected chi connectivity index (χ4v) is 2.47. The van der Waals surface area contributed by atoms with Gasteiger partial charge < -0.3 is 10.8 Å². The molecule has 1 atom stereocenters. The largest absolute Gasteiger partial charge is 0.508 e. The number of rotatable bonds is 4. The highest BCUT2D eigenvalue weighted by molar-refractivity contribution is 7.11. The van der Waals surface area contributed by atoms with E-state index in [1.54, 1.807) is 12.1 Å². The van der Waals surface area contributed by atoms with Crippen LogP contribution in [0.1, 0.15) is 35.0 Å². The SMILES string of the molecule is CCC(N)c1nnc(Cc2cccc(O)c2)s1. The Morgan fingerprint density at radius 3 is 2.94 bits per heavy atom. The minimum atomic E-state index is -0.0228. The lowest BCUT2D eigenvalue weighted by Crippen LogP contribution is -2.07. The maximum absolute atomic E-state index is 9.37. The lowest BCUT2D eigenvalue weighted by Gasteiger charge is -2.01. The maximum atomic E-state index is 9.37. The number of nitrogens with zero attached hydrogens (tertiary/aromatic N) is 2. The monoisotopic (exact) mass is 249 g/mol. The van der Waals surface area contributed by atoms with Gasteiger partial charge in [-0.05, 0) is 24.1 Å². The van der Waals surface area contributed by atoms with Crippen LogP contribution in [-0.4, -0.2) is 15.3 Å². The Morgan fingerprint density at radius 1 is 1.41 bits per heavy atom. The molecule has 0 aliphatic rings. The molecule has 90 valence electrons. The lowest BCUT2D eigenvalue weighted by atomic mass is 10.1. The second kappa shape index (κ2) is 5.25. The molecule has 5 heteroatoms. The van der Waals surface area contributed by atoms with Crippen molar-refractivity contribution in [3.05, 3.63) is 39.8 Å². The summed E-state index contributed by atoms with van der Waals surface area (Å²) in [6.45, 7) is 2.03. The van der Waals surface area contributed by atoms with Crippen molar-refractivity contribution in [1.82, 2.24) is 10.2 Å².